The first-order valence-corrected chi connectivity index (χ1v) is 9.61. The van der Waals surface area contributed by atoms with E-state index in [1.807, 2.05) is 12.1 Å². The second-order valence-corrected chi connectivity index (χ2v) is 6.91. The van der Waals surface area contributed by atoms with Gasteiger partial charge in [-0.05, 0) is 60.7 Å². The van der Waals surface area contributed by atoms with Crippen LogP contribution in [0.25, 0.3) is 11.3 Å². The zero-order chi connectivity index (χ0) is 20.8. The molecule has 3 rings (SSSR count). The number of amides is 2. The summed E-state index contributed by atoms with van der Waals surface area (Å²) in [7, 11) is 0. The third kappa shape index (κ3) is 5.66. The number of benzene rings is 2. The van der Waals surface area contributed by atoms with Crippen molar-refractivity contribution in [3.8, 4) is 11.3 Å². The summed E-state index contributed by atoms with van der Waals surface area (Å²) in [6.45, 7) is 1.74. The van der Waals surface area contributed by atoms with E-state index in [1.54, 1.807) is 55.5 Å². The zero-order valence-corrected chi connectivity index (χ0v) is 17.1. The van der Waals surface area contributed by atoms with Crippen LogP contribution in [-0.2, 0) is 4.79 Å². The van der Waals surface area contributed by atoms with Crippen LogP contribution >= 0.6 is 23.8 Å². The summed E-state index contributed by atoms with van der Waals surface area (Å²) < 4.78 is 5.64. The predicted molar refractivity (Wildman–Crippen MR) is 118 cm³/mol. The summed E-state index contributed by atoms with van der Waals surface area (Å²) in [5, 5.41) is 9.04. The van der Waals surface area contributed by atoms with E-state index < -0.39 is 0 Å². The Labute approximate surface area is 178 Å². The normalized spacial score (nSPS) is 10.3. The van der Waals surface area contributed by atoms with Crippen molar-refractivity contribution in [3.05, 3.63) is 71.4 Å². The molecule has 3 N–H and O–H groups in total. The molecule has 6 nitrogen and oxygen atoms in total. The molecule has 1 aromatic heterocycles. The number of rotatable bonds is 5. The van der Waals surface area contributed by atoms with E-state index in [0.29, 0.717) is 28.6 Å². The van der Waals surface area contributed by atoms with Crippen LogP contribution < -0.4 is 16.0 Å². The first-order chi connectivity index (χ1) is 13.9. The van der Waals surface area contributed by atoms with Gasteiger partial charge < -0.3 is 20.4 Å². The number of furan rings is 1. The number of carbonyl (C=O) groups excluding carboxylic acids is 2. The van der Waals surface area contributed by atoms with Gasteiger partial charge in [0, 0.05) is 28.4 Å². The van der Waals surface area contributed by atoms with Crippen LogP contribution in [0.15, 0.2) is 65.1 Å². The Bertz CT molecular complexity index is 1050. The van der Waals surface area contributed by atoms with Crippen molar-refractivity contribution in [2.75, 3.05) is 10.6 Å². The number of thiocarbonyl (C=S) groups is 1. The van der Waals surface area contributed by atoms with E-state index in [1.165, 1.54) is 0 Å². The molecule has 8 heteroatoms. The number of anilines is 2. The predicted octanol–water partition coefficient (Wildman–Crippen LogP) is 5.08. The van der Waals surface area contributed by atoms with Crippen molar-refractivity contribution in [2.45, 2.75) is 13.3 Å². The van der Waals surface area contributed by atoms with Crippen LogP contribution in [0.2, 0.25) is 5.02 Å². The molecule has 2 amide bonds. The van der Waals surface area contributed by atoms with Crippen LogP contribution in [0.5, 0.6) is 0 Å². The minimum Gasteiger partial charge on any atom is -0.451 e. The first kappa shape index (κ1) is 20.6. The second-order valence-electron chi connectivity index (χ2n) is 6.06. The van der Waals surface area contributed by atoms with Crippen molar-refractivity contribution in [3.63, 3.8) is 0 Å². The van der Waals surface area contributed by atoms with Crippen LogP contribution in [0.4, 0.5) is 11.4 Å². The third-order valence-electron chi connectivity index (χ3n) is 3.91. The number of carbonyl (C=O) groups is 2. The molecule has 0 radical (unpaired) electrons. The lowest BCUT2D eigenvalue weighted by molar-refractivity contribution is -0.119. The van der Waals surface area contributed by atoms with Gasteiger partial charge >= 0.3 is 0 Å². The van der Waals surface area contributed by atoms with Gasteiger partial charge in [-0.3, -0.25) is 9.59 Å². The standard InChI is InChI=1S/C21H18ClN3O3S/c1-2-19(26)25-21(29)24-16-8-6-15(7-9-16)23-20(27)18-11-10-17(28-18)13-4-3-5-14(22)12-13/h3-12H,2H2,1H3,(H,23,27)(H2,24,25,26,29). The Balaban J connectivity index is 1.61. The molecule has 0 unspecified atom stereocenters. The fourth-order valence-electron chi connectivity index (χ4n) is 2.46. The Morgan fingerprint density at radius 2 is 1.69 bits per heavy atom. The van der Waals surface area contributed by atoms with Crippen LogP contribution in [0.3, 0.4) is 0 Å². The van der Waals surface area contributed by atoms with E-state index in [0.717, 1.165) is 5.56 Å². The maximum absolute atomic E-state index is 12.4. The van der Waals surface area contributed by atoms with Crippen LogP contribution in [-0.4, -0.2) is 16.9 Å². The van der Waals surface area contributed by atoms with Gasteiger partial charge in [0.25, 0.3) is 5.91 Å². The van der Waals surface area contributed by atoms with Gasteiger partial charge in [-0.15, -0.1) is 0 Å². The molecule has 148 valence electrons. The van der Waals surface area contributed by atoms with Gasteiger partial charge in [-0.2, -0.15) is 0 Å². The van der Waals surface area contributed by atoms with E-state index in [-0.39, 0.29) is 22.7 Å². The fraction of sp³-hybridized carbons (Fsp3) is 0.0952. The van der Waals surface area contributed by atoms with Crippen LogP contribution in [0.1, 0.15) is 23.9 Å². The summed E-state index contributed by atoms with van der Waals surface area (Å²) in [6, 6.07) is 17.4. The lowest BCUT2D eigenvalue weighted by atomic mass is 10.2. The quantitative estimate of drug-likeness (QED) is 0.495. The molecule has 2 aromatic carbocycles. The molecule has 0 bridgehead atoms. The van der Waals surface area contributed by atoms with Crippen molar-refractivity contribution < 1.29 is 14.0 Å². The molecular weight excluding hydrogens is 410 g/mol. The number of nitrogens with one attached hydrogen (secondary N) is 3. The van der Waals surface area contributed by atoms with Gasteiger partial charge in [-0.1, -0.05) is 30.7 Å². The fourth-order valence-corrected chi connectivity index (χ4v) is 2.89. The topological polar surface area (TPSA) is 83.4 Å². The minimum absolute atomic E-state index is 0.165. The number of hydrogen-bond donors (Lipinski definition) is 3. The monoisotopic (exact) mass is 427 g/mol. The summed E-state index contributed by atoms with van der Waals surface area (Å²) in [5.41, 5.74) is 2.06. The number of hydrogen-bond acceptors (Lipinski definition) is 4. The molecule has 0 atom stereocenters. The third-order valence-corrected chi connectivity index (χ3v) is 4.35. The van der Waals surface area contributed by atoms with Gasteiger partial charge in [0.05, 0.1) is 0 Å². The lowest BCUT2D eigenvalue weighted by Crippen LogP contribution is -2.33. The maximum Gasteiger partial charge on any atom is 0.291 e. The smallest absolute Gasteiger partial charge is 0.291 e. The Kier molecular flexibility index (Phi) is 6.64. The van der Waals surface area contributed by atoms with E-state index in [4.69, 9.17) is 28.2 Å². The summed E-state index contributed by atoms with van der Waals surface area (Å²) >= 11 is 11.1. The zero-order valence-electron chi connectivity index (χ0n) is 15.5. The molecule has 1 heterocycles. The van der Waals surface area contributed by atoms with Gasteiger partial charge in [0.1, 0.15) is 5.76 Å². The highest BCUT2D eigenvalue weighted by atomic mass is 35.5. The molecule has 3 aromatic rings. The SMILES string of the molecule is CCC(=O)NC(=S)Nc1ccc(NC(=O)c2ccc(-c3cccc(Cl)c3)o2)cc1. The molecular formula is C21H18ClN3O3S. The molecule has 0 spiro atoms. The van der Waals surface area contributed by atoms with Crippen molar-refractivity contribution >= 4 is 52.1 Å². The summed E-state index contributed by atoms with van der Waals surface area (Å²) in [4.78, 5) is 23.8. The van der Waals surface area contributed by atoms with Crippen molar-refractivity contribution in [1.29, 1.82) is 0 Å². The summed E-state index contributed by atoms with van der Waals surface area (Å²) in [6.07, 6.45) is 0.346. The van der Waals surface area contributed by atoms with Crippen LogP contribution in [0, 0.1) is 0 Å². The largest absolute Gasteiger partial charge is 0.451 e. The van der Waals surface area contributed by atoms with Crippen molar-refractivity contribution in [1.82, 2.24) is 5.32 Å². The highest BCUT2D eigenvalue weighted by molar-refractivity contribution is 7.80. The maximum atomic E-state index is 12.4. The average molecular weight is 428 g/mol. The van der Waals surface area contributed by atoms with Gasteiger partial charge in [-0.25, -0.2) is 0 Å². The van der Waals surface area contributed by atoms with E-state index in [9.17, 15) is 9.59 Å². The second kappa shape index (κ2) is 9.36. The van der Waals surface area contributed by atoms with E-state index in [2.05, 4.69) is 16.0 Å². The molecule has 0 saturated heterocycles. The molecule has 0 saturated carbocycles. The number of halogens is 1. The first-order valence-electron chi connectivity index (χ1n) is 8.82. The highest BCUT2D eigenvalue weighted by Gasteiger charge is 2.13. The molecule has 0 aliphatic rings. The highest BCUT2D eigenvalue weighted by Crippen LogP contribution is 2.25. The summed E-state index contributed by atoms with van der Waals surface area (Å²) in [5.74, 6) is 0.206. The van der Waals surface area contributed by atoms with Gasteiger partial charge in [0.2, 0.25) is 5.91 Å². The Morgan fingerprint density at radius 3 is 2.34 bits per heavy atom. The lowest BCUT2D eigenvalue weighted by Gasteiger charge is -2.09. The van der Waals surface area contributed by atoms with Crippen molar-refractivity contribution in [2.24, 2.45) is 0 Å². The Hall–Kier alpha value is -3.16. The van der Waals surface area contributed by atoms with Gasteiger partial charge in [0.15, 0.2) is 10.9 Å². The Morgan fingerprint density at radius 1 is 1.00 bits per heavy atom. The average Bonchev–Trinajstić information content (AvgIpc) is 3.20. The molecule has 29 heavy (non-hydrogen) atoms. The molecule has 0 aliphatic carbocycles. The minimum atomic E-state index is -0.371. The molecule has 0 aliphatic heterocycles. The molecule has 0 fully saturated rings. The van der Waals surface area contributed by atoms with E-state index >= 15 is 0 Å².